The zero-order valence-electron chi connectivity index (χ0n) is 9.68. The molecule has 0 bridgehead atoms. The zero-order valence-corrected chi connectivity index (χ0v) is 11.3. The number of ketones is 1. The van der Waals surface area contributed by atoms with Crippen molar-refractivity contribution in [3.05, 3.63) is 0 Å². The first kappa shape index (κ1) is 14.6. The summed E-state index contributed by atoms with van der Waals surface area (Å²) in [6.45, 7) is 0. The first-order valence-corrected chi connectivity index (χ1v) is 9.09. The summed E-state index contributed by atoms with van der Waals surface area (Å²) >= 11 is 0. The van der Waals surface area contributed by atoms with Crippen molar-refractivity contribution in [2.75, 3.05) is 17.8 Å². The second kappa shape index (κ2) is 5.45. The predicted octanol–water partition coefficient (Wildman–Crippen LogP) is -0.538. The molecule has 0 aromatic heterocycles. The van der Waals surface area contributed by atoms with Crippen molar-refractivity contribution in [3.63, 3.8) is 0 Å². The molecule has 100 valence electrons. The van der Waals surface area contributed by atoms with Crippen LogP contribution in [0.4, 0.5) is 0 Å². The Kier molecular flexibility index (Phi) is 4.68. The van der Waals surface area contributed by atoms with Gasteiger partial charge in [0.05, 0.1) is 11.5 Å². The molecule has 0 radical (unpaired) electrons. The van der Waals surface area contributed by atoms with Gasteiger partial charge in [0.2, 0.25) is 10.0 Å². The van der Waals surface area contributed by atoms with Crippen LogP contribution in [0.2, 0.25) is 0 Å². The van der Waals surface area contributed by atoms with Crippen LogP contribution in [0.1, 0.15) is 25.7 Å². The number of carbonyl (C=O) groups excluding carboxylic acids is 1. The summed E-state index contributed by atoms with van der Waals surface area (Å²) in [4.78, 5) is 11.0. The third kappa shape index (κ3) is 6.13. The first-order valence-electron chi connectivity index (χ1n) is 5.37. The number of rotatable bonds is 5. The van der Waals surface area contributed by atoms with Crippen LogP contribution >= 0.6 is 0 Å². The zero-order chi connectivity index (χ0) is 13.1. The Balaban J connectivity index is 2.47. The molecule has 6 nitrogen and oxygen atoms in total. The Labute approximate surface area is 102 Å². The minimum Gasteiger partial charge on any atom is -0.300 e. The van der Waals surface area contributed by atoms with Crippen molar-refractivity contribution >= 4 is 25.6 Å². The fourth-order valence-electron chi connectivity index (χ4n) is 1.63. The second-order valence-electron chi connectivity index (χ2n) is 4.38. The largest absolute Gasteiger partial charge is 0.300 e. The quantitative estimate of drug-likeness (QED) is 0.731. The van der Waals surface area contributed by atoms with Gasteiger partial charge in [-0.1, -0.05) is 0 Å². The average Bonchev–Trinajstić information content (AvgIpc) is 2.18. The fourth-order valence-corrected chi connectivity index (χ4v) is 4.58. The van der Waals surface area contributed by atoms with E-state index in [4.69, 9.17) is 0 Å². The molecule has 0 atom stereocenters. The van der Waals surface area contributed by atoms with Gasteiger partial charge < -0.3 is 0 Å². The molecule has 0 aromatic rings. The van der Waals surface area contributed by atoms with Crippen molar-refractivity contribution in [1.29, 1.82) is 0 Å². The van der Waals surface area contributed by atoms with Crippen LogP contribution in [0.15, 0.2) is 0 Å². The summed E-state index contributed by atoms with van der Waals surface area (Å²) in [5.74, 6) is -0.652. The van der Waals surface area contributed by atoms with E-state index in [0.29, 0.717) is 25.7 Å². The summed E-state index contributed by atoms with van der Waals surface area (Å²) in [5.41, 5.74) is 0. The van der Waals surface area contributed by atoms with Gasteiger partial charge in [0.15, 0.2) is 0 Å². The molecule has 0 aromatic carbocycles. The van der Waals surface area contributed by atoms with E-state index in [9.17, 15) is 21.6 Å². The van der Waals surface area contributed by atoms with Crippen LogP contribution in [0.25, 0.3) is 0 Å². The number of sulfone groups is 1. The molecule has 1 aliphatic rings. The lowest BCUT2D eigenvalue weighted by Gasteiger charge is -2.21. The molecule has 8 heteroatoms. The molecule has 17 heavy (non-hydrogen) atoms. The molecule has 1 rings (SSSR count). The van der Waals surface area contributed by atoms with Crippen LogP contribution in [0.5, 0.6) is 0 Å². The van der Waals surface area contributed by atoms with Gasteiger partial charge in [-0.2, -0.15) is 0 Å². The third-order valence-electron chi connectivity index (χ3n) is 2.61. The van der Waals surface area contributed by atoms with Crippen molar-refractivity contribution in [2.45, 2.75) is 31.7 Å². The Hall–Kier alpha value is -0.470. The molecule has 0 heterocycles. The maximum absolute atomic E-state index is 11.6. The molecule has 1 aliphatic carbocycles. The Morgan fingerprint density at radius 1 is 1.12 bits per heavy atom. The molecule has 0 unspecified atom stereocenters. The minimum absolute atomic E-state index is 0.150. The Morgan fingerprint density at radius 3 is 2.12 bits per heavy atom. The van der Waals surface area contributed by atoms with Gasteiger partial charge in [-0.15, -0.1) is 0 Å². The summed E-state index contributed by atoms with van der Waals surface area (Å²) in [7, 11) is -6.85. The molecule has 1 saturated carbocycles. The van der Waals surface area contributed by atoms with Crippen LogP contribution in [-0.4, -0.2) is 46.4 Å². The van der Waals surface area contributed by atoms with Gasteiger partial charge in [-0.3, -0.25) is 4.79 Å². The van der Waals surface area contributed by atoms with Crippen LogP contribution in [0.3, 0.4) is 0 Å². The summed E-state index contributed by atoms with van der Waals surface area (Å²) in [5, 5.41) is 0. The van der Waals surface area contributed by atoms with E-state index < -0.39 is 25.6 Å². The lowest BCUT2D eigenvalue weighted by molar-refractivity contribution is -0.120. The highest BCUT2D eigenvalue weighted by Crippen LogP contribution is 2.15. The van der Waals surface area contributed by atoms with E-state index in [1.807, 2.05) is 0 Å². The van der Waals surface area contributed by atoms with Crippen molar-refractivity contribution < 1.29 is 21.6 Å². The van der Waals surface area contributed by atoms with Gasteiger partial charge in [-0.25, -0.2) is 21.6 Å². The van der Waals surface area contributed by atoms with Crippen molar-refractivity contribution in [3.8, 4) is 0 Å². The smallest absolute Gasteiger partial charge is 0.212 e. The number of hydrogen-bond acceptors (Lipinski definition) is 5. The summed E-state index contributed by atoms with van der Waals surface area (Å²) < 4.78 is 47.3. The third-order valence-corrected chi connectivity index (χ3v) is 5.25. The second-order valence-corrected chi connectivity index (χ2v) is 8.51. The number of nitrogens with one attached hydrogen (secondary N) is 1. The molecule has 0 amide bonds. The highest BCUT2D eigenvalue weighted by molar-refractivity contribution is 7.93. The standard InChI is InChI=1S/C9H17NO5S2/c1-16(12,13)6-7-17(14,15)10-8-2-4-9(11)5-3-8/h8,10H,2-7H2,1H3. The van der Waals surface area contributed by atoms with Crippen LogP contribution in [0, 0.1) is 0 Å². The molecule has 0 spiro atoms. The van der Waals surface area contributed by atoms with Crippen LogP contribution in [-0.2, 0) is 24.7 Å². The lowest BCUT2D eigenvalue weighted by atomic mass is 9.95. The normalized spacial score (nSPS) is 19.5. The van der Waals surface area contributed by atoms with E-state index in [2.05, 4.69) is 4.72 Å². The van der Waals surface area contributed by atoms with E-state index in [1.54, 1.807) is 0 Å². The van der Waals surface area contributed by atoms with E-state index in [-0.39, 0.29) is 17.6 Å². The number of Topliss-reactive ketones (excluding diaryl/α,β-unsaturated/α-hetero) is 1. The molecule has 0 saturated heterocycles. The van der Waals surface area contributed by atoms with Crippen LogP contribution < -0.4 is 4.72 Å². The fraction of sp³-hybridized carbons (Fsp3) is 0.889. The summed E-state index contributed by atoms with van der Waals surface area (Å²) in [6.07, 6.45) is 2.77. The predicted molar refractivity (Wildman–Crippen MR) is 63.9 cm³/mol. The molecular weight excluding hydrogens is 266 g/mol. The number of carbonyl (C=O) groups is 1. The SMILES string of the molecule is CS(=O)(=O)CCS(=O)(=O)NC1CCC(=O)CC1. The lowest BCUT2D eigenvalue weighted by Crippen LogP contribution is -2.40. The van der Waals surface area contributed by atoms with Gasteiger partial charge >= 0.3 is 0 Å². The molecule has 0 aliphatic heterocycles. The van der Waals surface area contributed by atoms with Crippen molar-refractivity contribution in [1.82, 2.24) is 4.72 Å². The molecule has 1 fully saturated rings. The van der Waals surface area contributed by atoms with Gasteiger partial charge in [0.1, 0.15) is 15.6 Å². The maximum atomic E-state index is 11.6. The average molecular weight is 283 g/mol. The molecule has 1 N–H and O–H groups in total. The minimum atomic E-state index is -3.57. The summed E-state index contributed by atoms with van der Waals surface area (Å²) in [6, 6.07) is -0.239. The highest BCUT2D eigenvalue weighted by Gasteiger charge is 2.23. The van der Waals surface area contributed by atoms with Gasteiger partial charge in [0, 0.05) is 25.1 Å². The van der Waals surface area contributed by atoms with Gasteiger partial charge in [0.25, 0.3) is 0 Å². The monoisotopic (exact) mass is 283 g/mol. The molecular formula is C9H17NO5S2. The number of sulfonamides is 1. The van der Waals surface area contributed by atoms with Crippen molar-refractivity contribution in [2.24, 2.45) is 0 Å². The van der Waals surface area contributed by atoms with E-state index in [1.165, 1.54) is 0 Å². The maximum Gasteiger partial charge on any atom is 0.212 e. The van der Waals surface area contributed by atoms with E-state index in [0.717, 1.165) is 6.26 Å². The van der Waals surface area contributed by atoms with Gasteiger partial charge in [-0.05, 0) is 12.8 Å². The van der Waals surface area contributed by atoms with E-state index >= 15 is 0 Å². The first-order chi connectivity index (χ1) is 7.68. The number of hydrogen-bond donors (Lipinski definition) is 1. The Bertz CT molecular complexity index is 470. The topological polar surface area (TPSA) is 97.4 Å². The Morgan fingerprint density at radius 2 is 1.65 bits per heavy atom. The highest BCUT2D eigenvalue weighted by atomic mass is 32.2.